The zero-order valence-corrected chi connectivity index (χ0v) is 12.1. The van der Waals surface area contributed by atoms with Gasteiger partial charge in [-0.25, -0.2) is 0 Å². The predicted octanol–water partition coefficient (Wildman–Crippen LogP) is 3.87. The van der Waals surface area contributed by atoms with Crippen LogP contribution in [0.15, 0.2) is 55.0 Å². The lowest BCUT2D eigenvalue weighted by molar-refractivity contribution is 0.102. The molecule has 1 amide bonds. The molecule has 3 aromatic rings. The Balaban J connectivity index is 1.96. The first kappa shape index (κ1) is 13.4. The molecule has 1 aromatic carbocycles. The molecule has 21 heavy (non-hydrogen) atoms. The highest BCUT2D eigenvalue weighted by Crippen LogP contribution is 2.27. The molecule has 0 spiro atoms. The van der Waals surface area contributed by atoms with E-state index in [1.807, 2.05) is 18.2 Å². The van der Waals surface area contributed by atoms with Gasteiger partial charge in [-0.2, -0.15) is 0 Å². The maximum atomic E-state index is 12.2. The lowest BCUT2D eigenvalue weighted by atomic mass is 10.2. The zero-order chi connectivity index (χ0) is 14.8. The quantitative estimate of drug-likeness (QED) is 0.791. The second-order valence-corrected chi connectivity index (χ2v) is 5.25. The summed E-state index contributed by atoms with van der Waals surface area (Å²) in [6.07, 6.45) is 5.27. The summed E-state index contributed by atoms with van der Waals surface area (Å²) in [4.78, 5) is 16.2. The van der Waals surface area contributed by atoms with Gasteiger partial charge < -0.3 is 9.88 Å². The van der Waals surface area contributed by atoms with E-state index in [-0.39, 0.29) is 5.91 Å². The normalized spacial score (nSPS) is 11.0. The standard InChI is InChI=1S/C17H17N3O/c1-12(2)20-10-8-14-15(6-3-7-16(14)20)19-17(21)13-5-4-9-18-11-13/h3-12H,1-2H3,(H,19,21). The van der Waals surface area contributed by atoms with Crippen molar-refractivity contribution in [2.45, 2.75) is 19.9 Å². The summed E-state index contributed by atoms with van der Waals surface area (Å²) in [5.74, 6) is -0.145. The molecule has 4 heteroatoms. The first-order valence-electron chi connectivity index (χ1n) is 6.98. The first-order valence-corrected chi connectivity index (χ1v) is 6.98. The van der Waals surface area contributed by atoms with Crippen molar-refractivity contribution in [3.63, 3.8) is 0 Å². The minimum absolute atomic E-state index is 0.145. The smallest absolute Gasteiger partial charge is 0.257 e. The topological polar surface area (TPSA) is 46.9 Å². The van der Waals surface area contributed by atoms with Gasteiger partial charge in [-0.3, -0.25) is 9.78 Å². The summed E-state index contributed by atoms with van der Waals surface area (Å²) >= 11 is 0. The predicted molar refractivity (Wildman–Crippen MR) is 84.5 cm³/mol. The van der Waals surface area contributed by atoms with E-state index in [1.54, 1.807) is 24.5 Å². The van der Waals surface area contributed by atoms with Crippen LogP contribution in [-0.4, -0.2) is 15.5 Å². The number of nitrogens with zero attached hydrogens (tertiary/aromatic N) is 2. The van der Waals surface area contributed by atoms with E-state index >= 15 is 0 Å². The monoisotopic (exact) mass is 279 g/mol. The van der Waals surface area contributed by atoms with Crippen LogP contribution in [0.1, 0.15) is 30.2 Å². The van der Waals surface area contributed by atoms with Gasteiger partial charge in [0.25, 0.3) is 5.91 Å². The van der Waals surface area contributed by atoms with E-state index in [9.17, 15) is 4.79 Å². The van der Waals surface area contributed by atoms with Crippen molar-refractivity contribution < 1.29 is 4.79 Å². The maximum Gasteiger partial charge on any atom is 0.257 e. The molecule has 0 atom stereocenters. The Morgan fingerprint density at radius 3 is 2.76 bits per heavy atom. The molecule has 0 aliphatic carbocycles. The number of hydrogen-bond donors (Lipinski definition) is 1. The number of benzene rings is 1. The summed E-state index contributed by atoms with van der Waals surface area (Å²) in [6, 6.07) is 11.9. The van der Waals surface area contributed by atoms with E-state index in [2.05, 4.69) is 41.0 Å². The Bertz CT molecular complexity index is 775. The number of hydrogen-bond acceptors (Lipinski definition) is 2. The minimum atomic E-state index is -0.145. The molecule has 4 nitrogen and oxygen atoms in total. The van der Waals surface area contributed by atoms with Gasteiger partial charge in [0.2, 0.25) is 0 Å². The zero-order valence-electron chi connectivity index (χ0n) is 12.1. The molecular formula is C17H17N3O. The Labute approximate surface area is 123 Å². The van der Waals surface area contributed by atoms with Crippen LogP contribution in [0.2, 0.25) is 0 Å². The highest BCUT2D eigenvalue weighted by atomic mass is 16.1. The molecule has 0 saturated heterocycles. The molecule has 3 rings (SSSR count). The van der Waals surface area contributed by atoms with Crippen molar-refractivity contribution in [2.24, 2.45) is 0 Å². The fraction of sp³-hybridized carbons (Fsp3) is 0.176. The summed E-state index contributed by atoms with van der Waals surface area (Å²) in [5, 5.41) is 4.01. The van der Waals surface area contributed by atoms with Gasteiger partial charge in [-0.1, -0.05) is 6.07 Å². The van der Waals surface area contributed by atoms with Crippen molar-refractivity contribution in [3.8, 4) is 0 Å². The van der Waals surface area contributed by atoms with Gasteiger partial charge in [-0.15, -0.1) is 0 Å². The fourth-order valence-electron chi connectivity index (χ4n) is 2.44. The van der Waals surface area contributed by atoms with Gasteiger partial charge >= 0.3 is 0 Å². The Kier molecular flexibility index (Phi) is 3.44. The second kappa shape index (κ2) is 5.40. The van der Waals surface area contributed by atoms with Crippen molar-refractivity contribution in [1.82, 2.24) is 9.55 Å². The number of aromatic nitrogens is 2. The molecule has 0 unspecified atom stereocenters. The average Bonchev–Trinajstić information content (AvgIpc) is 2.93. The summed E-state index contributed by atoms with van der Waals surface area (Å²) in [7, 11) is 0. The number of anilines is 1. The average molecular weight is 279 g/mol. The maximum absolute atomic E-state index is 12.2. The molecule has 1 N–H and O–H groups in total. The number of pyridine rings is 1. The third-order valence-electron chi connectivity index (χ3n) is 3.49. The van der Waals surface area contributed by atoms with Crippen LogP contribution in [0.5, 0.6) is 0 Å². The van der Waals surface area contributed by atoms with E-state index in [0.29, 0.717) is 11.6 Å². The third-order valence-corrected chi connectivity index (χ3v) is 3.49. The second-order valence-electron chi connectivity index (χ2n) is 5.25. The van der Waals surface area contributed by atoms with E-state index in [1.165, 1.54) is 0 Å². The number of nitrogens with one attached hydrogen (secondary N) is 1. The van der Waals surface area contributed by atoms with Crippen LogP contribution in [0.3, 0.4) is 0 Å². The molecule has 0 aliphatic heterocycles. The number of carbonyl (C=O) groups excluding carboxylic acids is 1. The van der Waals surface area contributed by atoms with Crippen LogP contribution in [0.25, 0.3) is 10.9 Å². The van der Waals surface area contributed by atoms with Gasteiger partial charge in [0.05, 0.1) is 16.8 Å². The Hall–Kier alpha value is -2.62. The van der Waals surface area contributed by atoms with Crippen LogP contribution < -0.4 is 5.32 Å². The molecule has 106 valence electrons. The lowest BCUT2D eigenvalue weighted by Crippen LogP contribution is -2.12. The number of carbonyl (C=O) groups is 1. The van der Waals surface area contributed by atoms with Crippen molar-refractivity contribution in [2.75, 3.05) is 5.32 Å². The fourth-order valence-corrected chi connectivity index (χ4v) is 2.44. The molecular weight excluding hydrogens is 262 g/mol. The van der Waals surface area contributed by atoms with E-state index in [4.69, 9.17) is 0 Å². The van der Waals surface area contributed by atoms with Gasteiger partial charge in [0.15, 0.2) is 0 Å². The number of amides is 1. The molecule has 0 aliphatic rings. The Morgan fingerprint density at radius 2 is 2.05 bits per heavy atom. The van der Waals surface area contributed by atoms with Crippen molar-refractivity contribution in [3.05, 3.63) is 60.6 Å². The van der Waals surface area contributed by atoms with Crippen LogP contribution in [0.4, 0.5) is 5.69 Å². The number of rotatable bonds is 3. The third kappa shape index (κ3) is 2.52. The molecule has 0 radical (unpaired) electrons. The van der Waals surface area contributed by atoms with Crippen molar-refractivity contribution in [1.29, 1.82) is 0 Å². The lowest BCUT2D eigenvalue weighted by Gasteiger charge is -2.11. The summed E-state index contributed by atoms with van der Waals surface area (Å²) in [5.41, 5.74) is 2.49. The van der Waals surface area contributed by atoms with Crippen molar-refractivity contribution >= 4 is 22.5 Å². The highest BCUT2D eigenvalue weighted by Gasteiger charge is 2.11. The van der Waals surface area contributed by atoms with Gasteiger partial charge in [0, 0.05) is 30.0 Å². The van der Waals surface area contributed by atoms with Gasteiger partial charge in [-0.05, 0) is 44.2 Å². The SMILES string of the molecule is CC(C)n1ccc2c(NC(=O)c3cccnc3)cccc21. The number of fused-ring (bicyclic) bond motifs is 1. The van der Waals surface area contributed by atoms with Crippen LogP contribution in [-0.2, 0) is 0 Å². The highest BCUT2D eigenvalue weighted by molar-refractivity contribution is 6.08. The largest absolute Gasteiger partial charge is 0.345 e. The van der Waals surface area contributed by atoms with E-state index in [0.717, 1.165) is 16.6 Å². The molecule has 2 aromatic heterocycles. The van der Waals surface area contributed by atoms with Gasteiger partial charge in [0.1, 0.15) is 0 Å². The first-order chi connectivity index (χ1) is 10.2. The Morgan fingerprint density at radius 1 is 1.19 bits per heavy atom. The minimum Gasteiger partial charge on any atom is -0.345 e. The van der Waals surface area contributed by atoms with E-state index < -0.39 is 0 Å². The summed E-state index contributed by atoms with van der Waals surface area (Å²) < 4.78 is 2.19. The molecule has 0 saturated carbocycles. The summed E-state index contributed by atoms with van der Waals surface area (Å²) in [6.45, 7) is 4.28. The molecule has 2 heterocycles. The van der Waals surface area contributed by atoms with Crippen LogP contribution in [0, 0.1) is 0 Å². The molecule has 0 fully saturated rings. The molecule has 0 bridgehead atoms. The van der Waals surface area contributed by atoms with Crippen LogP contribution >= 0.6 is 0 Å².